The molecule has 1 saturated heterocycles. The number of nitrogens with zero attached hydrogens (tertiary/aromatic N) is 10. The standard InChI is InChI=1S/C26H26FN11/c1-17-3-2-8-30-22(17)23-32-25-19-16-31-37(24(19)33-26(29)38(25)34-23)14-11-35-9-12-36(13-10-35)21-15-18(6-7-28)4-5-20(21)27/h2-5,8,15-16H,6,9-14H2,1H3,(H2,29,33). The second-order valence-electron chi connectivity index (χ2n) is 9.36. The van der Waals surface area contributed by atoms with Gasteiger partial charge in [-0.05, 0) is 36.2 Å². The van der Waals surface area contributed by atoms with Gasteiger partial charge in [0, 0.05) is 38.9 Å². The van der Waals surface area contributed by atoms with Crippen molar-refractivity contribution in [2.75, 3.05) is 43.4 Å². The van der Waals surface area contributed by atoms with Crippen LogP contribution in [-0.2, 0) is 13.0 Å². The molecular weight excluding hydrogens is 485 g/mol. The summed E-state index contributed by atoms with van der Waals surface area (Å²) in [4.78, 5) is 18.1. The van der Waals surface area contributed by atoms with Gasteiger partial charge in [-0.3, -0.25) is 9.88 Å². The van der Waals surface area contributed by atoms with Crippen molar-refractivity contribution in [3.8, 4) is 17.6 Å². The van der Waals surface area contributed by atoms with Gasteiger partial charge < -0.3 is 10.6 Å². The number of benzene rings is 1. The minimum Gasteiger partial charge on any atom is -0.368 e. The molecular formula is C26H26FN11. The van der Waals surface area contributed by atoms with Gasteiger partial charge in [-0.25, -0.2) is 14.1 Å². The predicted molar refractivity (Wildman–Crippen MR) is 141 cm³/mol. The number of anilines is 2. The summed E-state index contributed by atoms with van der Waals surface area (Å²) in [6.45, 7) is 6.33. The van der Waals surface area contributed by atoms with E-state index in [0.717, 1.165) is 36.1 Å². The number of aromatic nitrogens is 7. The van der Waals surface area contributed by atoms with E-state index < -0.39 is 0 Å². The molecule has 2 N–H and O–H groups in total. The highest BCUT2D eigenvalue weighted by Crippen LogP contribution is 2.25. The average Bonchev–Trinajstić information content (AvgIpc) is 3.54. The molecule has 0 spiro atoms. The largest absolute Gasteiger partial charge is 0.368 e. The Hall–Kier alpha value is -4.63. The minimum absolute atomic E-state index is 0.232. The van der Waals surface area contributed by atoms with Crippen LogP contribution in [0.4, 0.5) is 16.0 Å². The van der Waals surface area contributed by atoms with E-state index in [1.54, 1.807) is 24.5 Å². The van der Waals surface area contributed by atoms with Crippen LogP contribution in [0.2, 0.25) is 0 Å². The second-order valence-corrected chi connectivity index (χ2v) is 9.36. The van der Waals surface area contributed by atoms with Crippen LogP contribution < -0.4 is 10.6 Å². The van der Waals surface area contributed by atoms with E-state index in [0.29, 0.717) is 48.1 Å². The zero-order valence-electron chi connectivity index (χ0n) is 20.9. The molecule has 1 fully saturated rings. The number of halogens is 1. The van der Waals surface area contributed by atoms with Gasteiger partial charge in [-0.15, -0.1) is 5.10 Å². The summed E-state index contributed by atoms with van der Waals surface area (Å²) in [5, 5.41) is 18.8. The van der Waals surface area contributed by atoms with Crippen LogP contribution in [0.25, 0.3) is 28.2 Å². The third-order valence-corrected chi connectivity index (χ3v) is 6.95. The molecule has 4 aromatic heterocycles. The number of nitriles is 1. The van der Waals surface area contributed by atoms with E-state index in [4.69, 9.17) is 16.0 Å². The summed E-state index contributed by atoms with van der Waals surface area (Å²) in [6, 6.07) is 10.9. The third kappa shape index (κ3) is 4.26. The Morgan fingerprint density at radius 3 is 2.71 bits per heavy atom. The Balaban J connectivity index is 1.17. The molecule has 5 aromatic rings. The van der Waals surface area contributed by atoms with Crippen LogP contribution in [0.1, 0.15) is 11.1 Å². The van der Waals surface area contributed by atoms with Gasteiger partial charge in [0.2, 0.25) is 11.8 Å². The van der Waals surface area contributed by atoms with Gasteiger partial charge in [0.25, 0.3) is 0 Å². The fourth-order valence-corrected chi connectivity index (χ4v) is 4.89. The number of hydrogen-bond acceptors (Lipinski definition) is 9. The Kier molecular flexibility index (Phi) is 6.05. The maximum absolute atomic E-state index is 14.5. The summed E-state index contributed by atoms with van der Waals surface area (Å²) >= 11 is 0. The lowest BCUT2D eigenvalue weighted by Crippen LogP contribution is -2.47. The summed E-state index contributed by atoms with van der Waals surface area (Å²) in [5.41, 5.74) is 10.6. The summed E-state index contributed by atoms with van der Waals surface area (Å²) in [6.07, 6.45) is 3.73. The fourth-order valence-electron chi connectivity index (χ4n) is 4.89. The molecule has 0 unspecified atom stereocenters. The summed E-state index contributed by atoms with van der Waals surface area (Å²) < 4.78 is 17.8. The van der Waals surface area contributed by atoms with E-state index in [1.807, 2.05) is 28.6 Å². The van der Waals surface area contributed by atoms with Crippen LogP contribution in [0.5, 0.6) is 0 Å². The normalized spacial score (nSPS) is 14.4. The van der Waals surface area contributed by atoms with E-state index in [9.17, 15) is 4.39 Å². The van der Waals surface area contributed by atoms with Crippen LogP contribution in [-0.4, -0.2) is 72.0 Å². The zero-order valence-corrected chi connectivity index (χ0v) is 20.9. The smallest absolute Gasteiger partial charge is 0.225 e. The van der Waals surface area contributed by atoms with Crippen molar-refractivity contribution in [1.82, 2.24) is 39.2 Å². The molecule has 1 aliphatic heterocycles. The number of fused-ring (bicyclic) bond motifs is 3. The first-order valence-electron chi connectivity index (χ1n) is 12.4. The van der Waals surface area contributed by atoms with Gasteiger partial charge in [0.05, 0.1) is 36.3 Å². The molecule has 38 heavy (non-hydrogen) atoms. The van der Waals surface area contributed by atoms with Crippen molar-refractivity contribution < 1.29 is 4.39 Å². The molecule has 0 atom stereocenters. The molecule has 0 radical (unpaired) electrons. The van der Waals surface area contributed by atoms with Crippen molar-refractivity contribution in [2.24, 2.45) is 0 Å². The lowest BCUT2D eigenvalue weighted by atomic mass is 10.1. The Morgan fingerprint density at radius 2 is 1.92 bits per heavy atom. The molecule has 1 aliphatic rings. The topological polar surface area (TPSA) is 130 Å². The molecule has 5 heterocycles. The number of nitrogens with two attached hydrogens (primary N) is 1. The number of rotatable bonds is 6. The van der Waals surface area contributed by atoms with Crippen molar-refractivity contribution in [2.45, 2.75) is 19.9 Å². The second kappa shape index (κ2) is 9.68. The predicted octanol–water partition coefficient (Wildman–Crippen LogP) is 2.45. The number of aryl methyl sites for hydroxylation is 1. The van der Waals surface area contributed by atoms with Crippen molar-refractivity contribution in [3.63, 3.8) is 0 Å². The molecule has 6 rings (SSSR count). The van der Waals surface area contributed by atoms with E-state index in [-0.39, 0.29) is 18.2 Å². The molecule has 0 bridgehead atoms. The van der Waals surface area contributed by atoms with Gasteiger partial charge in [0.1, 0.15) is 11.5 Å². The molecule has 192 valence electrons. The lowest BCUT2D eigenvalue weighted by Gasteiger charge is -2.36. The maximum atomic E-state index is 14.5. The Labute approximate surface area is 217 Å². The first-order chi connectivity index (χ1) is 18.5. The van der Waals surface area contributed by atoms with Gasteiger partial charge in [0.15, 0.2) is 11.3 Å². The molecule has 0 amide bonds. The SMILES string of the molecule is Cc1cccnc1-c1nc2c3cnn(CCN4CCN(c5cc(CC#N)ccc5F)CC4)c3nc(N)n2n1. The summed E-state index contributed by atoms with van der Waals surface area (Å²) in [7, 11) is 0. The number of nitrogen functional groups attached to an aromatic ring is 1. The van der Waals surface area contributed by atoms with Gasteiger partial charge >= 0.3 is 0 Å². The number of piperazine rings is 1. The Morgan fingerprint density at radius 1 is 1.08 bits per heavy atom. The van der Waals surface area contributed by atoms with E-state index in [1.165, 1.54) is 10.6 Å². The molecule has 0 saturated carbocycles. The van der Waals surface area contributed by atoms with Crippen molar-refractivity contribution in [3.05, 3.63) is 59.7 Å². The Bertz CT molecular complexity index is 1670. The van der Waals surface area contributed by atoms with E-state index in [2.05, 4.69) is 31.1 Å². The first-order valence-corrected chi connectivity index (χ1v) is 12.4. The molecule has 1 aromatic carbocycles. The summed E-state index contributed by atoms with van der Waals surface area (Å²) in [5.74, 6) is 0.466. The number of hydrogen-bond donors (Lipinski definition) is 1. The third-order valence-electron chi connectivity index (χ3n) is 6.95. The van der Waals surface area contributed by atoms with Crippen LogP contribution in [0.15, 0.2) is 42.7 Å². The minimum atomic E-state index is -0.257. The highest BCUT2D eigenvalue weighted by molar-refractivity contribution is 5.90. The first kappa shape index (κ1) is 23.7. The lowest BCUT2D eigenvalue weighted by molar-refractivity contribution is 0.245. The van der Waals surface area contributed by atoms with Crippen LogP contribution >= 0.6 is 0 Å². The average molecular weight is 512 g/mol. The molecule has 12 heteroatoms. The highest BCUT2D eigenvalue weighted by Gasteiger charge is 2.21. The van der Waals surface area contributed by atoms with Gasteiger partial charge in [-0.2, -0.15) is 19.9 Å². The fraction of sp³-hybridized carbons (Fsp3) is 0.308. The van der Waals surface area contributed by atoms with Crippen molar-refractivity contribution in [1.29, 1.82) is 5.26 Å². The zero-order chi connectivity index (χ0) is 26.2. The maximum Gasteiger partial charge on any atom is 0.225 e. The highest BCUT2D eigenvalue weighted by atomic mass is 19.1. The van der Waals surface area contributed by atoms with E-state index >= 15 is 0 Å². The molecule has 0 aliphatic carbocycles. The monoisotopic (exact) mass is 511 g/mol. The van der Waals surface area contributed by atoms with Gasteiger partial charge in [-0.1, -0.05) is 12.1 Å². The quantitative estimate of drug-likeness (QED) is 0.365. The molecule has 11 nitrogen and oxygen atoms in total. The van der Waals surface area contributed by atoms with Crippen molar-refractivity contribution >= 4 is 28.3 Å². The van der Waals surface area contributed by atoms with Crippen LogP contribution in [0, 0.1) is 24.1 Å². The van der Waals surface area contributed by atoms with Crippen LogP contribution in [0.3, 0.4) is 0 Å². The number of pyridine rings is 1.